The molecule has 2 heterocycles. The predicted octanol–water partition coefficient (Wildman–Crippen LogP) is 1.14. The molecule has 1 saturated heterocycles. The number of aliphatic hydroxyl groups excluding tert-OH is 1. The molecule has 150 valence electrons. The van der Waals surface area contributed by atoms with Crippen LogP contribution in [-0.2, 0) is 4.74 Å². The summed E-state index contributed by atoms with van der Waals surface area (Å²) in [5.41, 5.74) is 0. The Labute approximate surface area is 160 Å². The van der Waals surface area contributed by atoms with Crippen molar-refractivity contribution in [2.75, 3.05) is 44.3 Å². The Balaban J connectivity index is 1.46. The van der Waals surface area contributed by atoms with Gasteiger partial charge in [0.2, 0.25) is 0 Å². The van der Waals surface area contributed by atoms with Gasteiger partial charge in [-0.1, -0.05) is 0 Å². The molecule has 1 aromatic rings. The van der Waals surface area contributed by atoms with Gasteiger partial charge in [-0.2, -0.15) is 0 Å². The number of aromatic nitrogens is 1. The number of hydrogen-bond donors (Lipinski definition) is 3. The fourth-order valence-corrected chi connectivity index (χ4v) is 3.10. The number of pyridine rings is 1. The number of hydrogen-bond acceptors (Lipinski definition) is 5. The number of nitrogens with one attached hydrogen (secondary N) is 2. The Hall–Kier alpha value is -1.93. The van der Waals surface area contributed by atoms with E-state index in [4.69, 9.17) is 4.74 Å². The quantitative estimate of drug-likeness (QED) is 0.441. The van der Waals surface area contributed by atoms with E-state index in [1.165, 1.54) is 18.9 Å². The number of guanidine groups is 1. The summed E-state index contributed by atoms with van der Waals surface area (Å²) in [6, 6.07) is 3.18. The first-order valence-electron chi connectivity index (χ1n) is 9.81. The van der Waals surface area contributed by atoms with Crippen LogP contribution in [0.4, 0.5) is 10.2 Å². The van der Waals surface area contributed by atoms with Gasteiger partial charge in [0.25, 0.3) is 0 Å². The predicted molar refractivity (Wildman–Crippen MR) is 103 cm³/mol. The molecule has 7 nitrogen and oxygen atoms in total. The molecule has 0 bridgehead atoms. The van der Waals surface area contributed by atoms with Crippen molar-refractivity contribution in [2.45, 2.75) is 38.3 Å². The first-order valence-corrected chi connectivity index (χ1v) is 9.81. The van der Waals surface area contributed by atoms with Crippen LogP contribution in [-0.4, -0.2) is 67.6 Å². The summed E-state index contributed by atoms with van der Waals surface area (Å²) in [5, 5.41) is 16.6. The van der Waals surface area contributed by atoms with Crippen molar-refractivity contribution in [2.24, 2.45) is 10.9 Å². The Bertz CT molecular complexity index is 626. The summed E-state index contributed by atoms with van der Waals surface area (Å²) < 4.78 is 19.4. The Kier molecular flexibility index (Phi) is 7.23. The van der Waals surface area contributed by atoms with Crippen LogP contribution in [0.2, 0.25) is 0 Å². The van der Waals surface area contributed by atoms with E-state index < -0.39 is 6.10 Å². The lowest BCUT2D eigenvalue weighted by Gasteiger charge is -2.20. The van der Waals surface area contributed by atoms with Gasteiger partial charge in [0.05, 0.1) is 19.3 Å². The van der Waals surface area contributed by atoms with E-state index in [-0.39, 0.29) is 18.4 Å². The van der Waals surface area contributed by atoms with Gasteiger partial charge >= 0.3 is 0 Å². The molecule has 0 spiro atoms. The molecule has 0 aromatic carbocycles. The van der Waals surface area contributed by atoms with E-state index >= 15 is 0 Å². The van der Waals surface area contributed by atoms with E-state index in [0.717, 1.165) is 26.1 Å². The van der Waals surface area contributed by atoms with E-state index in [1.807, 2.05) is 11.8 Å². The summed E-state index contributed by atoms with van der Waals surface area (Å²) in [6.07, 6.45) is 4.35. The molecule has 1 aliphatic heterocycles. The molecule has 27 heavy (non-hydrogen) atoms. The van der Waals surface area contributed by atoms with Crippen LogP contribution in [0.25, 0.3) is 0 Å². The SMILES string of the molecule is CCNC(=NCC(O)COCC1CC1)NC1CCN(c2ncccc2F)C1. The van der Waals surface area contributed by atoms with E-state index in [1.54, 1.807) is 12.3 Å². The van der Waals surface area contributed by atoms with Gasteiger partial charge in [-0.3, -0.25) is 4.99 Å². The second-order valence-electron chi connectivity index (χ2n) is 7.24. The highest BCUT2D eigenvalue weighted by atomic mass is 19.1. The molecule has 2 atom stereocenters. The number of aliphatic hydroxyl groups is 1. The standard InChI is InChI=1S/C19H30FN5O2/c1-2-21-19(23-10-16(26)13-27-12-14-5-6-14)24-15-7-9-25(11-15)18-17(20)4-3-8-22-18/h3-4,8,14-16,26H,2,5-7,9-13H2,1H3,(H2,21,23,24). The van der Waals surface area contributed by atoms with Gasteiger partial charge in [0, 0.05) is 38.5 Å². The Morgan fingerprint density at radius 1 is 1.48 bits per heavy atom. The van der Waals surface area contributed by atoms with Gasteiger partial charge < -0.3 is 25.4 Å². The van der Waals surface area contributed by atoms with Crippen LogP contribution in [0, 0.1) is 11.7 Å². The number of rotatable bonds is 9. The number of ether oxygens (including phenoxy) is 1. The molecule has 2 unspecified atom stereocenters. The van der Waals surface area contributed by atoms with Crippen LogP contribution in [0.15, 0.2) is 23.3 Å². The van der Waals surface area contributed by atoms with Crippen LogP contribution >= 0.6 is 0 Å². The number of halogens is 1. The van der Waals surface area contributed by atoms with Gasteiger partial charge in [-0.25, -0.2) is 9.37 Å². The van der Waals surface area contributed by atoms with Crippen molar-refractivity contribution in [3.05, 3.63) is 24.1 Å². The fourth-order valence-electron chi connectivity index (χ4n) is 3.10. The van der Waals surface area contributed by atoms with E-state index in [0.29, 0.717) is 30.8 Å². The third-order valence-corrected chi connectivity index (χ3v) is 4.73. The molecule has 1 aromatic heterocycles. The first kappa shape index (κ1) is 19.8. The maximum absolute atomic E-state index is 13.9. The normalized spacial score (nSPS) is 21.4. The van der Waals surface area contributed by atoms with E-state index in [2.05, 4.69) is 20.6 Å². The maximum Gasteiger partial charge on any atom is 0.191 e. The largest absolute Gasteiger partial charge is 0.389 e. The number of anilines is 1. The smallest absolute Gasteiger partial charge is 0.191 e. The molecule has 3 rings (SSSR count). The van der Waals surface area contributed by atoms with Crippen LogP contribution in [0.5, 0.6) is 0 Å². The van der Waals surface area contributed by atoms with Crippen molar-refractivity contribution < 1.29 is 14.2 Å². The number of nitrogens with zero attached hydrogens (tertiary/aromatic N) is 3. The topological polar surface area (TPSA) is 82.0 Å². The monoisotopic (exact) mass is 379 g/mol. The molecule has 1 aliphatic carbocycles. The minimum atomic E-state index is -0.609. The minimum Gasteiger partial charge on any atom is -0.389 e. The highest BCUT2D eigenvalue weighted by molar-refractivity contribution is 5.80. The maximum atomic E-state index is 13.9. The summed E-state index contributed by atoms with van der Waals surface area (Å²) in [4.78, 5) is 10.5. The van der Waals surface area contributed by atoms with Crippen molar-refractivity contribution in [3.8, 4) is 0 Å². The molecule has 3 N–H and O–H groups in total. The highest BCUT2D eigenvalue weighted by Gasteiger charge is 2.26. The third kappa shape index (κ3) is 6.32. The lowest BCUT2D eigenvalue weighted by Crippen LogP contribution is -2.45. The van der Waals surface area contributed by atoms with Crippen LogP contribution in [0.1, 0.15) is 26.2 Å². The molecule has 2 aliphatic rings. The molecule has 0 radical (unpaired) electrons. The Morgan fingerprint density at radius 3 is 3.07 bits per heavy atom. The average Bonchev–Trinajstić information content (AvgIpc) is 3.37. The van der Waals surface area contributed by atoms with Crippen LogP contribution in [0.3, 0.4) is 0 Å². The zero-order valence-corrected chi connectivity index (χ0v) is 15.9. The zero-order valence-electron chi connectivity index (χ0n) is 15.9. The molecule has 8 heteroatoms. The van der Waals surface area contributed by atoms with E-state index in [9.17, 15) is 9.50 Å². The van der Waals surface area contributed by atoms with Crippen molar-refractivity contribution >= 4 is 11.8 Å². The van der Waals surface area contributed by atoms with Crippen LogP contribution < -0.4 is 15.5 Å². The first-order chi connectivity index (χ1) is 13.2. The summed E-state index contributed by atoms with van der Waals surface area (Å²) in [6.45, 7) is 5.46. The lowest BCUT2D eigenvalue weighted by atomic mass is 10.3. The Morgan fingerprint density at radius 2 is 2.33 bits per heavy atom. The molecular weight excluding hydrogens is 349 g/mol. The summed E-state index contributed by atoms with van der Waals surface area (Å²) in [5.74, 6) is 1.45. The van der Waals surface area contributed by atoms with Crippen molar-refractivity contribution in [1.29, 1.82) is 0 Å². The fraction of sp³-hybridized carbons (Fsp3) is 0.684. The molecule has 2 fully saturated rings. The summed E-state index contributed by atoms with van der Waals surface area (Å²) >= 11 is 0. The third-order valence-electron chi connectivity index (χ3n) is 4.73. The van der Waals surface area contributed by atoms with Gasteiger partial charge in [-0.15, -0.1) is 0 Å². The van der Waals surface area contributed by atoms with Crippen molar-refractivity contribution in [3.63, 3.8) is 0 Å². The molecule has 0 amide bonds. The van der Waals surface area contributed by atoms with Crippen molar-refractivity contribution in [1.82, 2.24) is 15.6 Å². The zero-order chi connectivity index (χ0) is 19.1. The number of aliphatic imine (C=N–C) groups is 1. The van der Waals surface area contributed by atoms with Gasteiger partial charge in [0.1, 0.15) is 0 Å². The van der Waals surface area contributed by atoms with Gasteiger partial charge in [0.15, 0.2) is 17.6 Å². The van der Waals surface area contributed by atoms with Gasteiger partial charge in [-0.05, 0) is 44.2 Å². The minimum absolute atomic E-state index is 0.146. The second kappa shape index (κ2) is 9.85. The summed E-state index contributed by atoms with van der Waals surface area (Å²) in [7, 11) is 0. The molecule has 1 saturated carbocycles. The molecular formula is C19H30FN5O2. The average molecular weight is 379 g/mol. The second-order valence-corrected chi connectivity index (χ2v) is 7.24. The lowest BCUT2D eigenvalue weighted by molar-refractivity contribution is 0.0368. The highest BCUT2D eigenvalue weighted by Crippen LogP contribution is 2.28.